The van der Waals surface area contributed by atoms with Crippen molar-refractivity contribution in [3.8, 4) is 11.4 Å². The summed E-state index contributed by atoms with van der Waals surface area (Å²) in [4.78, 5) is 25.3. The molecule has 0 saturated carbocycles. The number of rotatable bonds is 7. The maximum atomic E-state index is 12.7. The van der Waals surface area contributed by atoms with Crippen LogP contribution in [0.3, 0.4) is 0 Å². The molecule has 156 valence electrons. The second-order valence-electron chi connectivity index (χ2n) is 7.67. The number of carbonyl (C=O) groups is 1. The number of amides is 1. The third-order valence-electron chi connectivity index (χ3n) is 5.48. The molecule has 30 heavy (non-hydrogen) atoms. The van der Waals surface area contributed by atoms with E-state index in [1.165, 1.54) is 30.5 Å². The smallest absolute Gasteiger partial charge is 0.227 e. The Labute approximate surface area is 176 Å². The number of anilines is 1. The van der Waals surface area contributed by atoms with Crippen molar-refractivity contribution in [3.05, 3.63) is 60.2 Å². The van der Waals surface area contributed by atoms with Crippen LogP contribution in [0.15, 0.2) is 53.3 Å². The molecule has 1 fully saturated rings. The number of hydrogen-bond donors (Lipinski definition) is 0. The lowest BCUT2D eigenvalue weighted by molar-refractivity contribution is -0.130. The van der Waals surface area contributed by atoms with Crippen molar-refractivity contribution < 1.29 is 9.32 Å². The highest BCUT2D eigenvalue weighted by molar-refractivity contribution is 5.76. The van der Waals surface area contributed by atoms with E-state index < -0.39 is 0 Å². The van der Waals surface area contributed by atoms with Crippen molar-refractivity contribution >= 4 is 11.6 Å². The molecule has 0 aliphatic carbocycles. The third kappa shape index (κ3) is 4.84. The average Bonchev–Trinajstić information content (AvgIpc) is 3.28. The number of nitrogens with zero attached hydrogens (tertiary/aromatic N) is 5. The lowest BCUT2D eigenvalue weighted by atomic mass is 10.1. The van der Waals surface area contributed by atoms with E-state index in [1.807, 2.05) is 25.2 Å². The van der Waals surface area contributed by atoms with Crippen molar-refractivity contribution in [1.82, 2.24) is 20.0 Å². The predicted octanol–water partition coefficient (Wildman–Crippen LogP) is 3.71. The number of carbonyl (C=O) groups excluding carboxylic acids is 1. The van der Waals surface area contributed by atoms with Crippen LogP contribution < -0.4 is 4.90 Å². The Morgan fingerprint density at radius 1 is 1.10 bits per heavy atom. The summed E-state index contributed by atoms with van der Waals surface area (Å²) in [5.74, 6) is 1.05. The first-order valence-electron chi connectivity index (χ1n) is 10.5. The van der Waals surface area contributed by atoms with E-state index in [4.69, 9.17) is 4.52 Å². The van der Waals surface area contributed by atoms with Crippen molar-refractivity contribution in [3.63, 3.8) is 0 Å². The van der Waals surface area contributed by atoms with Crippen LogP contribution >= 0.6 is 0 Å². The number of piperidine rings is 1. The van der Waals surface area contributed by atoms with E-state index in [2.05, 4.69) is 38.2 Å². The first-order chi connectivity index (χ1) is 14.7. The van der Waals surface area contributed by atoms with Gasteiger partial charge in [0.25, 0.3) is 0 Å². The quantitative estimate of drug-likeness (QED) is 0.596. The highest BCUT2D eigenvalue weighted by Gasteiger charge is 2.18. The fraction of sp³-hybridized carbons (Fsp3) is 0.391. The van der Waals surface area contributed by atoms with Gasteiger partial charge in [0, 0.05) is 63.2 Å². The molecule has 4 rings (SSSR count). The molecule has 1 aliphatic rings. The molecule has 7 heteroatoms. The number of para-hydroxylation sites is 1. The normalized spacial score (nSPS) is 14.0. The zero-order valence-corrected chi connectivity index (χ0v) is 17.3. The molecule has 0 atom stereocenters. The summed E-state index contributed by atoms with van der Waals surface area (Å²) in [6, 6.07) is 12.1. The molecule has 0 bridgehead atoms. The second kappa shape index (κ2) is 9.52. The topological polar surface area (TPSA) is 75.4 Å². The third-order valence-corrected chi connectivity index (χ3v) is 5.48. The molecule has 1 aromatic carbocycles. The van der Waals surface area contributed by atoms with Crippen molar-refractivity contribution in [1.29, 1.82) is 0 Å². The Kier molecular flexibility index (Phi) is 6.37. The Morgan fingerprint density at radius 3 is 2.67 bits per heavy atom. The molecule has 7 nitrogen and oxygen atoms in total. The molecule has 0 radical (unpaired) electrons. The molecule has 3 heterocycles. The molecule has 0 N–H and O–H groups in total. The summed E-state index contributed by atoms with van der Waals surface area (Å²) < 4.78 is 5.31. The van der Waals surface area contributed by atoms with Gasteiger partial charge in [-0.2, -0.15) is 4.98 Å². The van der Waals surface area contributed by atoms with Gasteiger partial charge in [0.05, 0.1) is 0 Å². The molecular formula is C23H27N5O2. The molecule has 1 aliphatic heterocycles. The van der Waals surface area contributed by atoms with Gasteiger partial charge in [-0.1, -0.05) is 23.4 Å². The van der Waals surface area contributed by atoms with E-state index in [0.717, 1.165) is 18.7 Å². The fourth-order valence-electron chi connectivity index (χ4n) is 3.81. The van der Waals surface area contributed by atoms with Crippen LogP contribution in [0.4, 0.5) is 5.69 Å². The van der Waals surface area contributed by atoms with Crippen LogP contribution in [-0.2, 0) is 17.8 Å². The minimum atomic E-state index is 0.0621. The lowest BCUT2D eigenvalue weighted by Gasteiger charge is -2.31. The van der Waals surface area contributed by atoms with Gasteiger partial charge in [-0.3, -0.25) is 9.78 Å². The fourth-order valence-corrected chi connectivity index (χ4v) is 3.81. The largest absolute Gasteiger partial charge is 0.371 e. The summed E-state index contributed by atoms with van der Waals surface area (Å²) in [6.45, 7) is 2.77. The maximum Gasteiger partial charge on any atom is 0.227 e. The van der Waals surface area contributed by atoms with Crippen LogP contribution in [0, 0.1) is 0 Å². The number of benzene rings is 1. The Bertz CT molecular complexity index is 966. The average molecular weight is 406 g/mol. The van der Waals surface area contributed by atoms with Gasteiger partial charge in [-0.15, -0.1) is 0 Å². The van der Waals surface area contributed by atoms with Gasteiger partial charge >= 0.3 is 0 Å². The van der Waals surface area contributed by atoms with E-state index >= 15 is 0 Å². The summed E-state index contributed by atoms with van der Waals surface area (Å²) in [5, 5.41) is 4.00. The summed E-state index contributed by atoms with van der Waals surface area (Å²) in [5.41, 5.74) is 3.28. The standard InChI is InChI=1S/C23H27N5O2/c1-27(17-19-7-3-4-8-20(19)28-15-5-2-6-16-28)22(29)10-9-21-25-23(26-30-21)18-11-13-24-14-12-18/h3-4,7-8,11-14H,2,5-6,9-10,15-17H2,1H3. The highest BCUT2D eigenvalue weighted by Crippen LogP contribution is 2.25. The molecule has 0 unspecified atom stereocenters. The van der Waals surface area contributed by atoms with Gasteiger partial charge < -0.3 is 14.3 Å². The first-order valence-corrected chi connectivity index (χ1v) is 10.5. The van der Waals surface area contributed by atoms with Crippen LogP contribution in [0.2, 0.25) is 0 Å². The summed E-state index contributed by atoms with van der Waals surface area (Å²) >= 11 is 0. The zero-order chi connectivity index (χ0) is 20.8. The molecular weight excluding hydrogens is 378 g/mol. The Morgan fingerprint density at radius 2 is 1.87 bits per heavy atom. The molecule has 1 saturated heterocycles. The van der Waals surface area contributed by atoms with Gasteiger partial charge in [0.15, 0.2) is 0 Å². The molecule has 0 spiro atoms. The summed E-state index contributed by atoms with van der Waals surface area (Å²) in [7, 11) is 1.85. The molecule has 3 aromatic rings. The SMILES string of the molecule is CN(Cc1ccccc1N1CCCCC1)C(=O)CCc1nc(-c2ccncc2)no1. The minimum Gasteiger partial charge on any atom is -0.371 e. The lowest BCUT2D eigenvalue weighted by Crippen LogP contribution is -2.32. The van der Waals surface area contributed by atoms with Crippen molar-refractivity contribution in [2.24, 2.45) is 0 Å². The van der Waals surface area contributed by atoms with Gasteiger partial charge in [-0.05, 0) is 43.0 Å². The van der Waals surface area contributed by atoms with Gasteiger partial charge in [-0.25, -0.2) is 0 Å². The Hall–Kier alpha value is -3.22. The number of hydrogen-bond acceptors (Lipinski definition) is 6. The van der Waals surface area contributed by atoms with Gasteiger partial charge in [0.1, 0.15) is 0 Å². The van der Waals surface area contributed by atoms with Gasteiger partial charge in [0.2, 0.25) is 17.6 Å². The first kappa shape index (κ1) is 20.1. The minimum absolute atomic E-state index is 0.0621. The zero-order valence-electron chi connectivity index (χ0n) is 17.3. The van der Waals surface area contributed by atoms with E-state index in [0.29, 0.717) is 31.1 Å². The number of aromatic nitrogens is 3. The monoisotopic (exact) mass is 405 g/mol. The molecule has 1 amide bonds. The summed E-state index contributed by atoms with van der Waals surface area (Å²) in [6.07, 6.45) is 7.89. The van der Waals surface area contributed by atoms with E-state index in [9.17, 15) is 4.79 Å². The van der Waals surface area contributed by atoms with Crippen LogP contribution in [0.5, 0.6) is 0 Å². The maximum absolute atomic E-state index is 12.7. The van der Waals surface area contributed by atoms with Crippen LogP contribution in [0.1, 0.15) is 37.1 Å². The van der Waals surface area contributed by atoms with E-state index in [1.54, 1.807) is 17.3 Å². The van der Waals surface area contributed by atoms with Crippen molar-refractivity contribution in [2.75, 3.05) is 25.0 Å². The number of pyridine rings is 1. The highest BCUT2D eigenvalue weighted by atomic mass is 16.5. The van der Waals surface area contributed by atoms with E-state index in [-0.39, 0.29) is 5.91 Å². The van der Waals surface area contributed by atoms with Crippen LogP contribution in [0.25, 0.3) is 11.4 Å². The predicted molar refractivity (Wildman–Crippen MR) is 115 cm³/mol. The van der Waals surface area contributed by atoms with Crippen molar-refractivity contribution in [2.45, 2.75) is 38.6 Å². The Balaban J connectivity index is 1.34. The second-order valence-corrected chi connectivity index (χ2v) is 7.67. The molecule has 2 aromatic heterocycles. The number of aryl methyl sites for hydroxylation is 1. The van der Waals surface area contributed by atoms with Crippen LogP contribution in [-0.4, -0.2) is 46.1 Å².